The van der Waals surface area contributed by atoms with Crippen LogP contribution in [0.5, 0.6) is 0 Å². The Morgan fingerprint density at radius 2 is 1.68 bits per heavy atom. The van der Waals surface area contributed by atoms with Gasteiger partial charge in [0, 0.05) is 75.1 Å². The molecule has 0 aliphatic carbocycles. The number of rotatable bonds is 15. The Labute approximate surface area is 284 Å². The van der Waals surface area contributed by atoms with Crippen LogP contribution < -0.4 is 26.7 Å². The first kappa shape index (κ1) is 35.1. The van der Waals surface area contributed by atoms with E-state index in [-0.39, 0.29) is 64.5 Å². The Hall–Kier alpha value is -4.77. The van der Waals surface area contributed by atoms with Gasteiger partial charge in [0.15, 0.2) is 5.82 Å². The minimum atomic E-state index is -0.552. The highest BCUT2D eigenvalue weighted by molar-refractivity contribution is 7.14. The first-order chi connectivity index (χ1) is 22.5. The van der Waals surface area contributed by atoms with E-state index >= 15 is 0 Å². The first-order valence-electron chi connectivity index (χ1n) is 14.2. The van der Waals surface area contributed by atoms with Gasteiger partial charge in [-0.2, -0.15) is 5.10 Å². The van der Waals surface area contributed by atoms with Gasteiger partial charge in [0.05, 0.1) is 11.5 Å². The number of nitrogens with zero attached hydrogens (tertiary/aromatic N) is 6. The number of benzene rings is 1. The van der Waals surface area contributed by atoms with Crippen LogP contribution in [0.2, 0.25) is 0 Å². The highest BCUT2D eigenvalue weighted by Crippen LogP contribution is 2.26. The van der Waals surface area contributed by atoms with Crippen LogP contribution in [0, 0.1) is 5.41 Å². The molecule has 0 aliphatic heterocycles. The second kappa shape index (κ2) is 16.2. The molecule has 4 amide bonds. The van der Waals surface area contributed by atoms with Crippen molar-refractivity contribution in [3.63, 3.8) is 0 Å². The minimum Gasteiger partial charge on any atom is -0.388 e. The van der Waals surface area contributed by atoms with Crippen molar-refractivity contribution in [2.45, 2.75) is 6.42 Å². The topological polar surface area (TPSA) is 196 Å². The maximum atomic E-state index is 13.5. The first-order valence-corrected chi connectivity index (χ1v) is 16.1. The molecule has 15 nitrogen and oxygen atoms in total. The molecule has 1 aromatic carbocycles. The Morgan fingerprint density at radius 1 is 0.979 bits per heavy atom. The van der Waals surface area contributed by atoms with Gasteiger partial charge < -0.3 is 26.3 Å². The predicted molar refractivity (Wildman–Crippen MR) is 182 cm³/mol. The number of carbonyl (C=O) groups excluding carboxylic acids is 4. The fourth-order valence-corrected chi connectivity index (χ4v) is 5.60. The largest absolute Gasteiger partial charge is 0.388 e. The smallest absolute Gasteiger partial charge is 0.275 e. The zero-order chi connectivity index (χ0) is 34.1. The monoisotopic (exact) mass is 701 g/mol. The molecule has 248 valence electrons. The number of hydrogen-bond acceptors (Lipinski definition) is 9. The summed E-state index contributed by atoms with van der Waals surface area (Å²) in [6.45, 7) is 0.819. The molecule has 0 radical (unpaired) electrons. The molecule has 3 aromatic heterocycles. The fourth-order valence-electron chi connectivity index (χ4n) is 4.39. The summed E-state index contributed by atoms with van der Waals surface area (Å²) in [4.78, 5) is 56.7. The molecular formula is C29H33Cl2N11O4S. The molecule has 0 atom stereocenters. The summed E-state index contributed by atoms with van der Waals surface area (Å²) in [5, 5.41) is 24.3. The molecule has 0 unspecified atom stereocenters. The molecular weight excluding hydrogens is 669 g/mol. The van der Waals surface area contributed by atoms with E-state index in [1.165, 1.54) is 31.8 Å². The van der Waals surface area contributed by atoms with Gasteiger partial charge >= 0.3 is 0 Å². The van der Waals surface area contributed by atoms with Crippen LogP contribution in [0.15, 0.2) is 54.0 Å². The molecule has 0 fully saturated rings. The van der Waals surface area contributed by atoms with E-state index in [4.69, 9.17) is 34.3 Å². The number of amidine groups is 1. The zero-order valence-corrected chi connectivity index (χ0v) is 27.8. The molecule has 47 heavy (non-hydrogen) atoms. The maximum Gasteiger partial charge on any atom is 0.275 e. The lowest BCUT2D eigenvalue weighted by Gasteiger charge is -2.32. The quantitative estimate of drug-likeness (QED) is 0.0539. The molecule has 18 heteroatoms. The summed E-state index contributed by atoms with van der Waals surface area (Å²) in [6.07, 6.45) is 1.76. The number of carbonyl (C=O) groups is 4. The lowest BCUT2D eigenvalue weighted by atomic mass is 10.2. The van der Waals surface area contributed by atoms with Crippen molar-refractivity contribution in [1.82, 2.24) is 29.7 Å². The standard InChI is InChI=1S/C29H33Cl2N11O4S/c1-39-16-19(14-21(39)27(45)37-24-15-22(40(2)38-24)26(44)34-11-8-23(32)33)35-25(43)20-17-47-29(36-20)42(41(12-9-30)13-10-31)28(46)18-6-4-3-5-7-18/h3-7,14-17H,8-13H2,1-2H3,(H3,32,33)(H,34,44)(H,35,43)(H,37,38,45). The van der Waals surface area contributed by atoms with Crippen molar-refractivity contribution in [3.8, 4) is 0 Å². The second-order valence-electron chi connectivity index (χ2n) is 10.0. The average molecular weight is 703 g/mol. The van der Waals surface area contributed by atoms with Gasteiger partial charge in [-0.25, -0.2) is 15.0 Å². The number of aromatic nitrogens is 4. The Bertz CT molecular complexity index is 1750. The van der Waals surface area contributed by atoms with E-state index in [1.54, 1.807) is 55.6 Å². The van der Waals surface area contributed by atoms with Gasteiger partial charge in [0.2, 0.25) is 5.13 Å². The molecule has 4 aromatic rings. The second-order valence-corrected chi connectivity index (χ2v) is 11.6. The number of nitrogens with one attached hydrogen (secondary N) is 4. The SMILES string of the molecule is Cn1cc(NC(=O)c2csc(N(C(=O)c3ccccc3)N(CCCl)CCCl)n2)cc1C(=O)Nc1cc(C(=O)NCCC(=N)N)n(C)n1. The van der Waals surface area contributed by atoms with Crippen LogP contribution in [-0.4, -0.2) is 85.2 Å². The third-order valence-corrected chi connectivity index (χ3v) is 7.77. The van der Waals surface area contributed by atoms with E-state index in [2.05, 4.69) is 26.0 Å². The average Bonchev–Trinajstić information content (AvgIpc) is 3.76. The number of alkyl halides is 2. The van der Waals surface area contributed by atoms with Crippen LogP contribution in [-0.2, 0) is 14.1 Å². The highest BCUT2D eigenvalue weighted by Gasteiger charge is 2.28. The highest BCUT2D eigenvalue weighted by atomic mass is 35.5. The summed E-state index contributed by atoms with van der Waals surface area (Å²) in [6, 6.07) is 11.6. The van der Waals surface area contributed by atoms with Gasteiger partial charge in [0.1, 0.15) is 17.1 Å². The fraction of sp³-hybridized carbons (Fsp3) is 0.276. The van der Waals surface area contributed by atoms with Crippen LogP contribution in [0.25, 0.3) is 0 Å². The maximum absolute atomic E-state index is 13.5. The number of hydrazine groups is 1. The predicted octanol–water partition coefficient (Wildman–Crippen LogP) is 3.12. The van der Waals surface area contributed by atoms with Crippen LogP contribution in [0.4, 0.5) is 16.6 Å². The van der Waals surface area contributed by atoms with Gasteiger partial charge in [-0.1, -0.05) is 18.2 Å². The summed E-state index contributed by atoms with van der Waals surface area (Å²) >= 11 is 13.2. The van der Waals surface area contributed by atoms with Crippen molar-refractivity contribution >= 4 is 80.6 Å². The number of aryl methyl sites for hydroxylation is 2. The van der Waals surface area contributed by atoms with Gasteiger partial charge in [0.25, 0.3) is 23.6 Å². The molecule has 0 saturated carbocycles. The van der Waals surface area contributed by atoms with Crippen molar-refractivity contribution in [3.05, 3.63) is 76.7 Å². The lowest BCUT2D eigenvalue weighted by molar-refractivity contribution is 0.0900. The number of amides is 4. The van der Waals surface area contributed by atoms with Crippen molar-refractivity contribution in [2.24, 2.45) is 19.8 Å². The van der Waals surface area contributed by atoms with Crippen molar-refractivity contribution in [2.75, 3.05) is 47.0 Å². The van der Waals surface area contributed by atoms with Crippen LogP contribution in [0.1, 0.15) is 48.2 Å². The molecule has 4 rings (SSSR count). The van der Waals surface area contributed by atoms with Gasteiger partial charge in [-0.3, -0.25) is 29.3 Å². The number of anilines is 3. The van der Waals surface area contributed by atoms with Crippen LogP contribution in [0.3, 0.4) is 0 Å². The normalized spacial score (nSPS) is 10.9. The molecule has 0 saturated heterocycles. The van der Waals surface area contributed by atoms with E-state index in [0.29, 0.717) is 24.3 Å². The molecule has 0 spiro atoms. The van der Waals surface area contributed by atoms with E-state index in [1.807, 2.05) is 0 Å². The van der Waals surface area contributed by atoms with E-state index in [9.17, 15) is 19.2 Å². The number of nitrogens with two attached hydrogens (primary N) is 1. The third kappa shape index (κ3) is 8.94. The van der Waals surface area contributed by atoms with Gasteiger partial charge in [-0.15, -0.1) is 34.5 Å². The van der Waals surface area contributed by atoms with E-state index in [0.717, 1.165) is 11.3 Å². The van der Waals surface area contributed by atoms with Crippen molar-refractivity contribution in [1.29, 1.82) is 5.41 Å². The summed E-state index contributed by atoms with van der Waals surface area (Å²) < 4.78 is 2.84. The number of hydrogen-bond donors (Lipinski definition) is 5. The number of thiazole rings is 1. The van der Waals surface area contributed by atoms with E-state index < -0.39 is 17.7 Å². The number of halogens is 2. The lowest BCUT2D eigenvalue weighted by Crippen LogP contribution is -2.48. The summed E-state index contributed by atoms with van der Waals surface area (Å²) in [7, 11) is 3.19. The summed E-state index contributed by atoms with van der Waals surface area (Å²) in [5.74, 6) is -1.31. The molecule has 0 bridgehead atoms. The minimum absolute atomic E-state index is 0.0489. The summed E-state index contributed by atoms with van der Waals surface area (Å²) in [5.41, 5.74) is 6.53. The van der Waals surface area contributed by atoms with Crippen molar-refractivity contribution < 1.29 is 19.2 Å². The zero-order valence-electron chi connectivity index (χ0n) is 25.5. The Balaban J connectivity index is 1.46. The molecule has 6 N–H and O–H groups in total. The Kier molecular flexibility index (Phi) is 12.1. The Morgan fingerprint density at radius 3 is 2.34 bits per heavy atom. The third-order valence-electron chi connectivity index (χ3n) is 6.62. The molecule has 3 heterocycles. The molecule has 0 aliphatic rings. The van der Waals surface area contributed by atoms with Gasteiger partial charge in [-0.05, 0) is 18.2 Å². The van der Waals surface area contributed by atoms with Crippen LogP contribution >= 0.6 is 34.5 Å².